The number of carboxylic acid groups (broad SMARTS) is 1. The minimum absolute atomic E-state index is 0.116. The van der Waals surface area contributed by atoms with Crippen LogP contribution in [0.25, 0.3) is 0 Å². The Morgan fingerprint density at radius 3 is 2.64 bits per heavy atom. The molecule has 0 fully saturated rings. The second-order valence-corrected chi connectivity index (χ2v) is 2.59. The van der Waals surface area contributed by atoms with Crippen LogP contribution in [0.4, 0.5) is 0 Å². The van der Waals surface area contributed by atoms with Crippen molar-refractivity contribution in [3.05, 3.63) is 45.4 Å². The van der Waals surface area contributed by atoms with Crippen LogP contribution in [0.2, 0.25) is 0 Å². The Morgan fingerprint density at radius 2 is 2.14 bits per heavy atom. The summed E-state index contributed by atoms with van der Waals surface area (Å²) in [6, 6.07) is 0. The van der Waals surface area contributed by atoms with Crippen LogP contribution in [0.1, 0.15) is 6.42 Å². The van der Waals surface area contributed by atoms with E-state index in [-0.39, 0.29) is 17.7 Å². The number of aliphatic hydroxyl groups is 1. The molecule has 1 aliphatic rings. The molecule has 74 valence electrons. The normalized spacial score (nSPS) is 16.1. The van der Waals surface area contributed by atoms with E-state index in [4.69, 9.17) is 10.2 Å². The number of carbonyl (C=O) groups is 1. The van der Waals surface area contributed by atoms with Crippen LogP contribution in [0.15, 0.2) is 35.3 Å². The molecule has 1 rings (SSSR count). The van der Waals surface area contributed by atoms with E-state index in [0.717, 1.165) is 18.2 Å². The molecule has 0 unspecified atom stereocenters. The van der Waals surface area contributed by atoms with Crippen LogP contribution < -0.4 is 0 Å². The minimum atomic E-state index is -1.31. The van der Waals surface area contributed by atoms with Crippen molar-refractivity contribution >= 4 is 5.97 Å². The Hall–Kier alpha value is -2.11. The van der Waals surface area contributed by atoms with E-state index in [1.165, 1.54) is 0 Å². The lowest BCUT2D eigenvalue weighted by atomic mass is 10.2. The summed E-state index contributed by atoms with van der Waals surface area (Å²) in [5.41, 5.74) is -0.481. The molecular weight excluding hydrogens is 190 g/mol. The molecule has 0 aromatic carbocycles. The zero-order valence-corrected chi connectivity index (χ0v) is 7.01. The van der Waals surface area contributed by atoms with Gasteiger partial charge in [-0.25, -0.2) is 4.79 Å². The largest absolute Gasteiger partial charge is 0.507 e. The molecule has 0 aliphatic heterocycles. The van der Waals surface area contributed by atoms with Crippen LogP contribution in [-0.4, -0.2) is 21.1 Å². The van der Waals surface area contributed by atoms with Crippen molar-refractivity contribution in [2.75, 3.05) is 0 Å². The number of carboxylic acids is 1. The van der Waals surface area contributed by atoms with Crippen molar-refractivity contribution in [2.24, 2.45) is 0 Å². The van der Waals surface area contributed by atoms with Gasteiger partial charge in [0.15, 0.2) is 0 Å². The summed E-state index contributed by atoms with van der Waals surface area (Å²) in [7, 11) is 0. The fourth-order valence-electron chi connectivity index (χ4n) is 0.976. The molecule has 0 bridgehead atoms. The molecule has 0 aromatic rings. The molecule has 0 saturated heterocycles. The van der Waals surface area contributed by atoms with Gasteiger partial charge >= 0.3 is 5.97 Å². The van der Waals surface area contributed by atoms with Gasteiger partial charge in [-0.3, -0.25) is 10.1 Å². The fourth-order valence-corrected chi connectivity index (χ4v) is 0.976. The van der Waals surface area contributed by atoms with E-state index in [9.17, 15) is 14.9 Å². The standard InChI is InChI=1S/C8H7NO5/c10-7-4-2-5(9(13)14)1-3-6(7)8(11)12/h2-4,10H,1H2,(H,11,12). The van der Waals surface area contributed by atoms with Gasteiger partial charge in [0.05, 0.1) is 16.9 Å². The highest BCUT2D eigenvalue weighted by molar-refractivity contribution is 5.91. The number of nitrogens with zero attached hydrogens (tertiary/aromatic N) is 1. The molecule has 0 amide bonds. The summed E-state index contributed by atoms with van der Waals surface area (Å²) in [5.74, 6) is -1.79. The Balaban J connectivity index is 3.03. The minimum Gasteiger partial charge on any atom is -0.507 e. The van der Waals surface area contributed by atoms with Gasteiger partial charge in [-0.15, -0.1) is 0 Å². The third kappa shape index (κ3) is 1.98. The number of hydrogen-bond acceptors (Lipinski definition) is 4. The Bertz CT molecular complexity index is 377. The lowest BCUT2D eigenvalue weighted by molar-refractivity contribution is -0.426. The van der Waals surface area contributed by atoms with Crippen molar-refractivity contribution in [2.45, 2.75) is 6.42 Å². The molecule has 2 N–H and O–H groups in total. The van der Waals surface area contributed by atoms with Gasteiger partial charge in [-0.1, -0.05) is 6.08 Å². The van der Waals surface area contributed by atoms with Crippen molar-refractivity contribution < 1.29 is 19.9 Å². The molecule has 0 heterocycles. The smallest absolute Gasteiger partial charge is 0.339 e. The summed E-state index contributed by atoms with van der Waals surface area (Å²) >= 11 is 0. The fraction of sp³-hybridized carbons (Fsp3) is 0.125. The first-order valence-corrected chi connectivity index (χ1v) is 3.70. The van der Waals surface area contributed by atoms with E-state index >= 15 is 0 Å². The Morgan fingerprint density at radius 1 is 1.50 bits per heavy atom. The number of rotatable bonds is 2. The molecule has 6 heteroatoms. The first-order valence-electron chi connectivity index (χ1n) is 3.70. The third-order valence-electron chi connectivity index (χ3n) is 1.69. The van der Waals surface area contributed by atoms with Gasteiger partial charge in [0.2, 0.25) is 5.70 Å². The molecular formula is C8H7NO5. The molecule has 0 aromatic heterocycles. The second-order valence-electron chi connectivity index (χ2n) is 2.59. The molecule has 6 nitrogen and oxygen atoms in total. The zero-order valence-electron chi connectivity index (χ0n) is 7.01. The number of allylic oxidation sites excluding steroid dienone is 3. The molecule has 0 radical (unpaired) electrons. The van der Waals surface area contributed by atoms with Crippen molar-refractivity contribution in [1.29, 1.82) is 0 Å². The molecule has 0 spiro atoms. The Kier molecular flexibility index (Phi) is 2.66. The number of nitro groups is 1. The van der Waals surface area contributed by atoms with Gasteiger partial charge in [-0.05, 0) is 6.08 Å². The average molecular weight is 197 g/mol. The number of hydrogen-bond donors (Lipinski definition) is 2. The van der Waals surface area contributed by atoms with Crippen molar-refractivity contribution in [3.63, 3.8) is 0 Å². The molecule has 0 atom stereocenters. The van der Waals surface area contributed by atoms with Crippen LogP contribution in [0.3, 0.4) is 0 Å². The maximum atomic E-state index is 10.5. The maximum absolute atomic E-state index is 10.5. The van der Waals surface area contributed by atoms with E-state index in [1.54, 1.807) is 0 Å². The lowest BCUT2D eigenvalue weighted by Gasteiger charge is -1.96. The zero-order chi connectivity index (χ0) is 10.7. The highest BCUT2D eigenvalue weighted by Crippen LogP contribution is 2.16. The average Bonchev–Trinajstić information content (AvgIpc) is 2.26. The summed E-state index contributed by atoms with van der Waals surface area (Å²) in [6.07, 6.45) is 3.08. The molecule has 14 heavy (non-hydrogen) atoms. The van der Waals surface area contributed by atoms with E-state index in [1.807, 2.05) is 0 Å². The monoisotopic (exact) mass is 197 g/mol. The number of aliphatic hydroxyl groups excluding tert-OH is 1. The second kappa shape index (κ2) is 3.73. The summed E-state index contributed by atoms with van der Waals surface area (Å²) in [5, 5.41) is 28.1. The third-order valence-corrected chi connectivity index (χ3v) is 1.69. The lowest BCUT2D eigenvalue weighted by Crippen LogP contribution is -2.03. The predicted molar refractivity (Wildman–Crippen MR) is 46.1 cm³/mol. The predicted octanol–water partition coefficient (Wildman–Crippen LogP) is 1.00. The van der Waals surface area contributed by atoms with Gasteiger partial charge in [-0.2, -0.15) is 0 Å². The van der Waals surface area contributed by atoms with Crippen LogP contribution in [-0.2, 0) is 4.79 Å². The van der Waals surface area contributed by atoms with E-state index in [2.05, 4.69) is 0 Å². The van der Waals surface area contributed by atoms with Crippen LogP contribution >= 0.6 is 0 Å². The summed E-state index contributed by atoms with van der Waals surface area (Å²) in [4.78, 5) is 20.3. The van der Waals surface area contributed by atoms with Crippen LogP contribution in [0.5, 0.6) is 0 Å². The first-order chi connectivity index (χ1) is 6.52. The van der Waals surface area contributed by atoms with E-state index in [0.29, 0.717) is 0 Å². The Labute approximate surface area is 78.6 Å². The maximum Gasteiger partial charge on any atom is 0.339 e. The summed E-state index contributed by atoms with van der Waals surface area (Å²) < 4.78 is 0. The molecule has 1 aliphatic carbocycles. The van der Waals surface area contributed by atoms with Gasteiger partial charge < -0.3 is 10.2 Å². The van der Waals surface area contributed by atoms with Crippen LogP contribution in [0, 0.1) is 10.1 Å². The first kappa shape index (κ1) is 9.97. The highest BCUT2D eigenvalue weighted by Gasteiger charge is 2.18. The van der Waals surface area contributed by atoms with Crippen molar-refractivity contribution in [1.82, 2.24) is 0 Å². The SMILES string of the molecule is O=C(O)C1=CCC([N+](=O)[O-])=CC=C1O. The van der Waals surface area contributed by atoms with Gasteiger partial charge in [0, 0.05) is 6.08 Å². The summed E-state index contributed by atoms with van der Waals surface area (Å²) in [6.45, 7) is 0. The quantitative estimate of drug-likeness (QED) is 0.508. The van der Waals surface area contributed by atoms with Gasteiger partial charge in [0.1, 0.15) is 5.76 Å². The highest BCUT2D eigenvalue weighted by atomic mass is 16.6. The topological polar surface area (TPSA) is 101 Å². The van der Waals surface area contributed by atoms with Crippen molar-refractivity contribution in [3.8, 4) is 0 Å². The molecule has 0 saturated carbocycles. The number of aliphatic carboxylic acids is 1. The van der Waals surface area contributed by atoms with E-state index < -0.39 is 16.7 Å². The van der Waals surface area contributed by atoms with Gasteiger partial charge in [0.25, 0.3) is 0 Å².